The number of carbonyl (C=O) groups is 2. The fourth-order valence-corrected chi connectivity index (χ4v) is 3.64. The predicted molar refractivity (Wildman–Crippen MR) is 102 cm³/mol. The molecule has 0 radical (unpaired) electrons. The molecule has 0 aliphatic carbocycles. The number of benzene rings is 1. The first-order valence-corrected chi connectivity index (χ1v) is 9.11. The van der Waals surface area contributed by atoms with Crippen molar-refractivity contribution >= 4 is 17.5 Å². The zero-order valence-electron chi connectivity index (χ0n) is 15.4. The molecule has 144 valence electrons. The van der Waals surface area contributed by atoms with Gasteiger partial charge in [0.15, 0.2) is 0 Å². The van der Waals surface area contributed by atoms with Crippen molar-refractivity contribution in [2.24, 2.45) is 11.8 Å². The first-order valence-electron chi connectivity index (χ1n) is 9.11. The van der Waals surface area contributed by atoms with E-state index < -0.39 is 17.9 Å². The van der Waals surface area contributed by atoms with Crippen molar-refractivity contribution in [2.45, 2.75) is 18.8 Å². The summed E-state index contributed by atoms with van der Waals surface area (Å²) < 4.78 is 10.9. The van der Waals surface area contributed by atoms with E-state index in [-0.39, 0.29) is 17.9 Å². The molecule has 7 heteroatoms. The lowest BCUT2D eigenvalue weighted by Crippen LogP contribution is -2.44. The van der Waals surface area contributed by atoms with Crippen molar-refractivity contribution in [3.05, 3.63) is 66.5 Å². The minimum absolute atomic E-state index is 0.199. The van der Waals surface area contributed by atoms with E-state index in [9.17, 15) is 9.59 Å². The normalized spacial score (nSPS) is 24.8. The van der Waals surface area contributed by atoms with Gasteiger partial charge in [-0.2, -0.15) is 0 Å². The van der Waals surface area contributed by atoms with E-state index in [1.54, 1.807) is 43.8 Å². The summed E-state index contributed by atoms with van der Waals surface area (Å²) in [4.78, 5) is 29.8. The molecule has 2 aromatic rings. The molecule has 0 spiro atoms. The van der Waals surface area contributed by atoms with Gasteiger partial charge in [-0.15, -0.1) is 0 Å². The van der Waals surface area contributed by atoms with Crippen LogP contribution in [0.4, 0.5) is 5.69 Å². The van der Waals surface area contributed by atoms with Crippen molar-refractivity contribution < 1.29 is 19.1 Å². The van der Waals surface area contributed by atoms with Gasteiger partial charge in [0.2, 0.25) is 11.8 Å². The highest BCUT2D eigenvalue weighted by molar-refractivity contribution is 5.97. The van der Waals surface area contributed by atoms with Crippen molar-refractivity contribution in [2.75, 3.05) is 12.4 Å². The fourth-order valence-electron chi connectivity index (χ4n) is 3.64. The van der Waals surface area contributed by atoms with Gasteiger partial charge in [0.25, 0.3) is 0 Å². The Hall–Kier alpha value is -3.19. The molecule has 4 atom stereocenters. The maximum Gasteiger partial charge on any atom is 0.231 e. The van der Waals surface area contributed by atoms with Crippen molar-refractivity contribution in [1.82, 2.24) is 10.3 Å². The summed E-state index contributed by atoms with van der Waals surface area (Å²) in [7, 11) is 1.58. The first kappa shape index (κ1) is 18.2. The molecule has 2 amide bonds. The Kier molecular flexibility index (Phi) is 5.08. The van der Waals surface area contributed by atoms with E-state index in [1.807, 2.05) is 24.3 Å². The molecule has 3 heterocycles. The van der Waals surface area contributed by atoms with Crippen LogP contribution in [0.15, 0.2) is 60.9 Å². The van der Waals surface area contributed by atoms with Gasteiger partial charge in [-0.05, 0) is 35.9 Å². The molecule has 2 bridgehead atoms. The first-order chi connectivity index (χ1) is 13.7. The summed E-state index contributed by atoms with van der Waals surface area (Å²) >= 11 is 0. The predicted octanol–water partition coefficient (Wildman–Crippen LogP) is 1.91. The zero-order valence-corrected chi connectivity index (χ0v) is 15.4. The Morgan fingerprint density at radius 2 is 1.79 bits per heavy atom. The van der Waals surface area contributed by atoms with E-state index >= 15 is 0 Å². The molecule has 4 rings (SSSR count). The molecule has 0 unspecified atom stereocenters. The molecule has 1 saturated heterocycles. The molecule has 2 aliphatic heterocycles. The lowest BCUT2D eigenvalue weighted by molar-refractivity contribution is -0.131. The molecule has 2 aliphatic rings. The monoisotopic (exact) mass is 379 g/mol. The van der Waals surface area contributed by atoms with Crippen LogP contribution in [0.2, 0.25) is 0 Å². The number of rotatable bonds is 6. The van der Waals surface area contributed by atoms with Gasteiger partial charge in [0.1, 0.15) is 5.75 Å². The van der Waals surface area contributed by atoms with Gasteiger partial charge in [0.05, 0.1) is 31.2 Å². The van der Waals surface area contributed by atoms with Crippen LogP contribution in [0.25, 0.3) is 0 Å². The second-order valence-corrected chi connectivity index (χ2v) is 6.80. The highest BCUT2D eigenvalue weighted by Crippen LogP contribution is 2.40. The molecule has 1 aromatic carbocycles. The largest absolute Gasteiger partial charge is 0.497 e. The van der Waals surface area contributed by atoms with Crippen LogP contribution in [-0.2, 0) is 20.9 Å². The van der Waals surface area contributed by atoms with Crippen LogP contribution in [0.1, 0.15) is 5.56 Å². The summed E-state index contributed by atoms with van der Waals surface area (Å²) in [5.41, 5.74) is 1.54. The Labute approximate surface area is 162 Å². The molecular weight excluding hydrogens is 358 g/mol. The zero-order chi connectivity index (χ0) is 19.5. The number of hydrogen-bond acceptors (Lipinski definition) is 5. The quantitative estimate of drug-likeness (QED) is 0.749. The van der Waals surface area contributed by atoms with E-state index in [0.717, 1.165) is 5.56 Å². The number of nitrogens with zero attached hydrogens (tertiary/aromatic N) is 1. The van der Waals surface area contributed by atoms with Crippen molar-refractivity contribution in [3.63, 3.8) is 0 Å². The molecular formula is C21H21N3O4. The summed E-state index contributed by atoms with van der Waals surface area (Å²) in [6, 6.07) is 10.8. The number of aromatic nitrogens is 1. The minimum Gasteiger partial charge on any atom is -0.497 e. The van der Waals surface area contributed by atoms with E-state index in [0.29, 0.717) is 18.0 Å². The average Bonchev–Trinajstić information content (AvgIpc) is 3.35. The third kappa shape index (κ3) is 3.61. The third-order valence-corrected chi connectivity index (χ3v) is 5.05. The molecule has 28 heavy (non-hydrogen) atoms. The fraction of sp³-hybridized carbons (Fsp3) is 0.286. The maximum atomic E-state index is 12.9. The maximum absolute atomic E-state index is 12.9. The van der Waals surface area contributed by atoms with E-state index in [2.05, 4.69) is 15.6 Å². The number of hydrogen-bond donors (Lipinski definition) is 2. The van der Waals surface area contributed by atoms with Gasteiger partial charge in [-0.1, -0.05) is 18.2 Å². The number of amides is 2. The Bertz CT molecular complexity index is 882. The number of methoxy groups -OCH3 is 1. The van der Waals surface area contributed by atoms with Gasteiger partial charge in [-0.3, -0.25) is 14.6 Å². The second kappa shape index (κ2) is 7.82. The lowest BCUT2D eigenvalue weighted by atomic mass is 9.81. The second-order valence-electron chi connectivity index (χ2n) is 6.80. The summed E-state index contributed by atoms with van der Waals surface area (Å²) in [5.74, 6) is -0.869. The summed E-state index contributed by atoms with van der Waals surface area (Å²) in [5, 5.41) is 5.78. The Balaban J connectivity index is 1.44. The van der Waals surface area contributed by atoms with Crippen molar-refractivity contribution in [1.29, 1.82) is 0 Å². The van der Waals surface area contributed by atoms with E-state index in [4.69, 9.17) is 9.47 Å². The standard InChI is InChI=1S/C21H21N3O4/c1-27-15-6-4-14(5-7-15)24-21(26)19-17-9-8-16(28-17)18(19)20(25)23-12-13-3-2-10-22-11-13/h2-11,16-19H,12H2,1H3,(H,23,25)(H,24,26)/t16-,17+,18+,19+/m0/s1. The number of nitrogens with one attached hydrogen (secondary N) is 2. The lowest BCUT2D eigenvalue weighted by Gasteiger charge is -2.23. The molecule has 2 N–H and O–H groups in total. The Morgan fingerprint density at radius 3 is 2.43 bits per heavy atom. The molecule has 1 fully saturated rings. The Morgan fingerprint density at radius 1 is 1.07 bits per heavy atom. The van der Waals surface area contributed by atoms with Gasteiger partial charge in [-0.25, -0.2) is 0 Å². The van der Waals surface area contributed by atoms with Gasteiger partial charge in [0, 0.05) is 24.6 Å². The van der Waals surface area contributed by atoms with Crippen LogP contribution in [0.5, 0.6) is 5.75 Å². The summed E-state index contributed by atoms with van der Waals surface area (Å²) in [6.07, 6.45) is 6.32. The number of carbonyl (C=O) groups excluding carboxylic acids is 2. The molecule has 7 nitrogen and oxygen atoms in total. The number of fused-ring (bicyclic) bond motifs is 2. The number of pyridine rings is 1. The summed E-state index contributed by atoms with van der Waals surface area (Å²) in [6.45, 7) is 0.358. The van der Waals surface area contributed by atoms with Crippen LogP contribution < -0.4 is 15.4 Å². The topological polar surface area (TPSA) is 89.5 Å². The van der Waals surface area contributed by atoms with Gasteiger partial charge >= 0.3 is 0 Å². The van der Waals surface area contributed by atoms with Crippen molar-refractivity contribution in [3.8, 4) is 5.75 Å². The van der Waals surface area contributed by atoms with Crippen LogP contribution in [0, 0.1) is 11.8 Å². The van der Waals surface area contributed by atoms with Gasteiger partial charge < -0.3 is 20.1 Å². The van der Waals surface area contributed by atoms with Crippen LogP contribution in [-0.4, -0.2) is 36.1 Å². The average molecular weight is 379 g/mol. The van der Waals surface area contributed by atoms with Crippen LogP contribution in [0.3, 0.4) is 0 Å². The van der Waals surface area contributed by atoms with E-state index in [1.165, 1.54) is 0 Å². The minimum atomic E-state index is -0.578. The molecule has 1 aromatic heterocycles. The molecule has 0 saturated carbocycles. The number of ether oxygens (including phenoxy) is 2. The smallest absolute Gasteiger partial charge is 0.231 e. The highest BCUT2D eigenvalue weighted by atomic mass is 16.5. The van der Waals surface area contributed by atoms with Crippen LogP contribution >= 0.6 is 0 Å². The highest BCUT2D eigenvalue weighted by Gasteiger charge is 2.52. The SMILES string of the molecule is COc1ccc(NC(=O)[C@H]2[C@H](C(=O)NCc3cccnc3)[C@@H]3C=C[C@H]2O3)cc1. The number of anilines is 1. The third-order valence-electron chi connectivity index (χ3n) is 5.05.